The van der Waals surface area contributed by atoms with E-state index in [2.05, 4.69) is 53.9 Å². The van der Waals surface area contributed by atoms with Gasteiger partial charge in [0.25, 0.3) is 0 Å². The zero-order chi connectivity index (χ0) is 41.5. The van der Waals surface area contributed by atoms with Crippen LogP contribution in [0.2, 0.25) is 19.6 Å². The first-order valence-corrected chi connectivity index (χ1v) is 21.4. The Morgan fingerprint density at radius 1 is 0.741 bits per heavy atom. The van der Waals surface area contributed by atoms with Crippen molar-refractivity contribution in [3.8, 4) is 44.8 Å². The van der Waals surface area contributed by atoms with Crippen LogP contribution in [0.25, 0.3) is 66.7 Å². The number of hydrogen-bond donors (Lipinski definition) is 0. The van der Waals surface area contributed by atoms with Crippen molar-refractivity contribution in [1.82, 2.24) is 9.97 Å². The standard InChI is InChI=1S/C28H24NO.C21H22NSi.Ir/c1-28(2,3)18-19-11-13-20(14-12-19)21-15-16-29-25(17-21)24-9-6-8-23-22-7-4-5-10-26(22)30-27(23)24;1-16-10-11-18(14-20(16)17-8-6-5-7-9-17)21-13-12-19(15-22-21)23(2,3)4;/h4-8,10-17H,18H2,1-3H3;5-10,12-15H,1-4H3;/q2*-1;/i18D2;1D3;. The van der Waals surface area contributed by atoms with Gasteiger partial charge in [-0.15, -0.1) is 47.5 Å². The van der Waals surface area contributed by atoms with Crippen LogP contribution in [0.5, 0.6) is 0 Å². The fourth-order valence-corrected chi connectivity index (χ4v) is 7.33. The molecule has 0 aliphatic carbocycles. The summed E-state index contributed by atoms with van der Waals surface area (Å²) in [6.45, 7) is 10.4. The Hall–Kier alpha value is -4.93. The summed E-state index contributed by atoms with van der Waals surface area (Å²) in [4.78, 5) is 9.20. The van der Waals surface area contributed by atoms with Crippen molar-refractivity contribution in [1.29, 1.82) is 0 Å². The molecule has 0 spiro atoms. The molecule has 0 atom stereocenters. The van der Waals surface area contributed by atoms with E-state index in [1.807, 2.05) is 136 Å². The number of rotatable bonds is 6. The third-order valence-electron chi connectivity index (χ3n) is 9.03. The first-order valence-electron chi connectivity index (χ1n) is 20.4. The summed E-state index contributed by atoms with van der Waals surface area (Å²) in [7, 11) is -1.40. The van der Waals surface area contributed by atoms with Crippen LogP contribution in [0.15, 0.2) is 144 Å². The number of aryl methyl sites for hydroxylation is 1. The van der Waals surface area contributed by atoms with Gasteiger partial charge in [-0.05, 0) is 62.7 Å². The Balaban J connectivity index is 0.000000199. The normalized spacial score (nSPS) is 13.4. The molecule has 1 radical (unpaired) electrons. The molecule has 54 heavy (non-hydrogen) atoms. The molecule has 8 aromatic rings. The Kier molecular flexibility index (Phi) is 9.75. The number of para-hydroxylation sites is 1. The summed E-state index contributed by atoms with van der Waals surface area (Å²) in [5.41, 5.74) is 8.99. The fraction of sp³-hybridized carbons (Fsp3) is 0.184. The molecular formula is C49H46IrN2OSi-2. The molecule has 0 N–H and O–H groups in total. The Bertz CT molecular complexity index is 2700. The minimum Gasteiger partial charge on any atom is -0.501 e. The van der Waals surface area contributed by atoms with Gasteiger partial charge < -0.3 is 14.4 Å². The second-order valence-electron chi connectivity index (χ2n) is 15.3. The largest absolute Gasteiger partial charge is 0.501 e. The van der Waals surface area contributed by atoms with E-state index in [-0.39, 0.29) is 20.1 Å². The number of pyridine rings is 2. The molecule has 0 fully saturated rings. The topological polar surface area (TPSA) is 38.9 Å². The molecule has 3 nitrogen and oxygen atoms in total. The smallest absolute Gasteiger partial charge is 0.120 e. The number of hydrogen-bond acceptors (Lipinski definition) is 3. The van der Waals surface area contributed by atoms with Crippen molar-refractivity contribution in [2.75, 3.05) is 0 Å². The number of fused-ring (bicyclic) bond motifs is 3. The van der Waals surface area contributed by atoms with Gasteiger partial charge in [0, 0.05) is 44.7 Å². The van der Waals surface area contributed by atoms with Crippen LogP contribution >= 0.6 is 0 Å². The average Bonchev–Trinajstić information content (AvgIpc) is 3.59. The summed E-state index contributed by atoms with van der Waals surface area (Å²) in [6, 6.07) is 47.3. The van der Waals surface area contributed by atoms with Gasteiger partial charge in [0.15, 0.2) is 0 Å². The van der Waals surface area contributed by atoms with Gasteiger partial charge >= 0.3 is 0 Å². The second kappa shape index (κ2) is 16.2. The van der Waals surface area contributed by atoms with Crippen molar-refractivity contribution in [3.63, 3.8) is 0 Å². The van der Waals surface area contributed by atoms with Crippen LogP contribution < -0.4 is 5.19 Å². The first kappa shape index (κ1) is 32.5. The third kappa shape index (κ3) is 8.88. The second-order valence-corrected chi connectivity index (χ2v) is 20.4. The molecule has 3 aromatic heterocycles. The molecule has 0 bridgehead atoms. The number of nitrogens with zero attached hydrogens (tertiary/aromatic N) is 2. The summed E-state index contributed by atoms with van der Waals surface area (Å²) < 4.78 is 46.7. The van der Waals surface area contributed by atoms with E-state index in [1.54, 1.807) is 12.3 Å². The molecule has 5 heteroatoms. The van der Waals surface area contributed by atoms with Crippen LogP contribution in [-0.4, -0.2) is 18.0 Å². The molecule has 0 saturated carbocycles. The molecule has 5 aromatic carbocycles. The van der Waals surface area contributed by atoms with E-state index in [9.17, 15) is 0 Å². The van der Waals surface area contributed by atoms with Crippen molar-refractivity contribution in [2.45, 2.75) is 53.6 Å². The maximum absolute atomic E-state index is 8.51. The predicted molar refractivity (Wildman–Crippen MR) is 226 cm³/mol. The Labute approximate surface area is 341 Å². The molecule has 0 aliphatic rings. The van der Waals surface area contributed by atoms with E-state index < -0.39 is 26.7 Å². The maximum Gasteiger partial charge on any atom is 0.120 e. The average molecular weight is 904 g/mol. The molecule has 3 heterocycles. The molecule has 0 unspecified atom stereocenters. The van der Waals surface area contributed by atoms with Crippen LogP contribution in [0.1, 0.15) is 38.8 Å². The van der Waals surface area contributed by atoms with Crippen LogP contribution in [0.4, 0.5) is 0 Å². The zero-order valence-electron chi connectivity index (χ0n) is 36.4. The van der Waals surface area contributed by atoms with E-state index >= 15 is 0 Å². The van der Waals surface area contributed by atoms with E-state index in [1.165, 1.54) is 5.19 Å². The van der Waals surface area contributed by atoms with Gasteiger partial charge in [-0.25, -0.2) is 0 Å². The van der Waals surface area contributed by atoms with Crippen LogP contribution in [0, 0.1) is 24.4 Å². The van der Waals surface area contributed by atoms with Gasteiger partial charge in [0.05, 0.1) is 13.7 Å². The molecule has 0 amide bonds. The quantitative estimate of drug-likeness (QED) is 0.123. The fourth-order valence-electron chi connectivity index (χ4n) is 6.30. The van der Waals surface area contributed by atoms with Gasteiger partial charge in [0.1, 0.15) is 5.58 Å². The summed E-state index contributed by atoms with van der Waals surface area (Å²) in [5, 5.41) is 3.43. The van der Waals surface area contributed by atoms with E-state index in [0.717, 1.165) is 61.1 Å². The molecule has 0 aliphatic heterocycles. The van der Waals surface area contributed by atoms with Crippen LogP contribution in [-0.2, 0) is 26.5 Å². The monoisotopic (exact) mass is 904 g/mol. The maximum atomic E-state index is 8.51. The summed E-state index contributed by atoms with van der Waals surface area (Å²) in [5.74, 6) is 0. The van der Waals surface area contributed by atoms with Crippen molar-refractivity contribution >= 4 is 35.2 Å². The first-order chi connectivity index (χ1) is 27.4. The number of furan rings is 1. The van der Waals surface area contributed by atoms with Gasteiger partial charge in [-0.2, -0.15) is 0 Å². The van der Waals surface area contributed by atoms with E-state index in [4.69, 9.17) is 11.3 Å². The Morgan fingerprint density at radius 3 is 2.20 bits per heavy atom. The van der Waals surface area contributed by atoms with Gasteiger partial charge in [-0.3, -0.25) is 0 Å². The van der Waals surface area contributed by atoms with Crippen LogP contribution in [0.3, 0.4) is 0 Å². The number of aromatic nitrogens is 2. The predicted octanol–water partition coefficient (Wildman–Crippen LogP) is 12.8. The molecular weight excluding hydrogens is 853 g/mol. The summed E-state index contributed by atoms with van der Waals surface area (Å²) >= 11 is 0. The Morgan fingerprint density at radius 2 is 1.50 bits per heavy atom. The van der Waals surface area contributed by atoms with Gasteiger partial charge in [0.2, 0.25) is 0 Å². The molecule has 8 rings (SSSR count). The van der Waals surface area contributed by atoms with Gasteiger partial charge in [-0.1, -0.05) is 155 Å². The zero-order valence-corrected chi connectivity index (χ0v) is 34.8. The van der Waals surface area contributed by atoms with E-state index in [0.29, 0.717) is 16.7 Å². The minimum atomic E-state index is -2.19. The van der Waals surface area contributed by atoms with Crippen molar-refractivity contribution in [3.05, 3.63) is 163 Å². The van der Waals surface area contributed by atoms with Crippen molar-refractivity contribution < 1.29 is 31.4 Å². The number of benzene rings is 5. The minimum absolute atomic E-state index is 0. The summed E-state index contributed by atoms with van der Waals surface area (Å²) in [6.07, 6.45) is 2.32. The molecule has 0 saturated heterocycles. The molecule has 273 valence electrons. The third-order valence-corrected chi connectivity index (χ3v) is 11.1. The SMILES string of the molecule is [2H]C([2H])([2H])c1c[c-]c(-c2ccc([Si](C)(C)C)cn2)cc1-c1ccccc1.[2H]C([2H])(c1ccc(-c2ccnc(-c3[c-]ccc4c3oc3ccccc34)c2)cc1)C(C)(C)C.[Ir]. The van der Waals surface area contributed by atoms with Crippen molar-refractivity contribution in [2.24, 2.45) is 5.41 Å².